The van der Waals surface area contributed by atoms with E-state index >= 15 is 0 Å². The fourth-order valence-corrected chi connectivity index (χ4v) is 2.86. The Morgan fingerprint density at radius 2 is 1.64 bits per heavy atom. The normalized spacial score (nSPS) is 12.8. The lowest BCUT2D eigenvalue weighted by atomic mass is 9.87. The van der Waals surface area contributed by atoms with Gasteiger partial charge in [-0.3, -0.25) is 4.79 Å². The third-order valence-corrected chi connectivity index (χ3v) is 4.45. The average Bonchev–Trinajstić information content (AvgIpc) is 2.57. The zero-order valence-electron chi connectivity index (χ0n) is 15.5. The number of carbonyl (C=O) groups is 1. The van der Waals surface area contributed by atoms with Crippen LogP contribution in [0.1, 0.15) is 50.3 Å². The van der Waals surface area contributed by atoms with Crippen LogP contribution < -0.4 is 5.32 Å². The lowest BCUT2D eigenvalue weighted by molar-refractivity contribution is -0.137. The Morgan fingerprint density at radius 3 is 2.20 bits per heavy atom. The van der Waals surface area contributed by atoms with E-state index in [2.05, 4.69) is 62.5 Å². The molecule has 0 aromatic heterocycles. The molecule has 25 heavy (non-hydrogen) atoms. The molecule has 0 fully saturated rings. The Morgan fingerprint density at radius 1 is 1.00 bits per heavy atom. The molecule has 0 aliphatic carbocycles. The molecule has 0 radical (unpaired) electrons. The highest BCUT2D eigenvalue weighted by molar-refractivity contribution is 5.66. The molecule has 0 bridgehead atoms. The molecule has 0 heterocycles. The van der Waals surface area contributed by atoms with Crippen LogP contribution in [0.4, 0.5) is 0 Å². The average molecular weight is 339 g/mol. The second-order valence-corrected chi connectivity index (χ2v) is 7.65. The van der Waals surface area contributed by atoms with Gasteiger partial charge >= 0.3 is 5.97 Å². The fourth-order valence-electron chi connectivity index (χ4n) is 2.86. The molecule has 134 valence electrons. The SMILES string of the molecule is CC(C)(C)c1ccc(CNC(CCC(=O)O)Cc2ccccc2)cc1. The van der Waals surface area contributed by atoms with Crippen LogP contribution in [0.25, 0.3) is 0 Å². The first-order valence-corrected chi connectivity index (χ1v) is 8.93. The van der Waals surface area contributed by atoms with E-state index in [1.807, 2.05) is 18.2 Å². The van der Waals surface area contributed by atoms with Crippen molar-refractivity contribution in [2.24, 2.45) is 0 Å². The van der Waals surface area contributed by atoms with Gasteiger partial charge in [0.15, 0.2) is 0 Å². The van der Waals surface area contributed by atoms with Crippen molar-refractivity contribution in [2.45, 2.75) is 58.0 Å². The van der Waals surface area contributed by atoms with Crippen LogP contribution in [0.5, 0.6) is 0 Å². The van der Waals surface area contributed by atoms with E-state index in [9.17, 15) is 4.79 Å². The van der Waals surface area contributed by atoms with Gasteiger partial charge in [-0.25, -0.2) is 0 Å². The van der Waals surface area contributed by atoms with Crippen molar-refractivity contribution in [1.29, 1.82) is 0 Å². The zero-order chi connectivity index (χ0) is 18.3. The molecule has 0 amide bonds. The highest BCUT2D eigenvalue weighted by atomic mass is 16.4. The van der Waals surface area contributed by atoms with Crippen molar-refractivity contribution in [3.63, 3.8) is 0 Å². The molecule has 1 unspecified atom stereocenters. The summed E-state index contributed by atoms with van der Waals surface area (Å²) in [4.78, 5) is 10.9. The second-order valence-electron chi connectivity index (χ2n) is 7.65. The Kier molecular flexibility index (Phi) is 6.77. The summed E-state index contributed by atoms with van der Waals surface area (Å²) < 4.78 is 0. The predicted octanol–water partition coefficient (Wildman–Crippen LogP) is 4.55. The molecule has 0 aliphatic rings. The molecule has 0 saturated carbocycles. The Balaban J connectivity index is 1.97. The van der Waals surface area contributed by atoms with Gasteiger partial charge in [0, 0.05) is 19.0 Å². The Labute approximate surface area is 151 Å². The summed E-state index contributed by atoms with van der Waals surface area (Å²) in [7, 11) is 0. The number of hydrogen-bond acceptors (Lipinski definition) is 2. The molecule has 1 atom stereocenters. The first-order valence-electron chi connectivity index (χ1n) is 8.93. The third kappa shape index (κ3) is 6.71. The summed E-state index contributed by atoms with van der Waals surface area (Å²) >= 11 is 0. The van der Waals surface area contributed by atoms with E-state index in [0.29, 0.717) is 6.42 Å². The highest BCUT2D eigenvalue weighted by Crippen LogP contribution is 2.22. The second kappa shape index (κ2) is 8.82. The number of hydrogen-bond donors (Lipinski definition) is 2. The zero-order valence-corrected chi connectivity index (χ0v) is 15.5. The monoisotopic (exact) mass is 339 g/mol. The van der Waals surface area contributed by atoms with Gasteiger partial charge < -0.3 is 10.4 Å². The number of rotatable bonds is 8. The van der Waals surface area contributed by atoms with Gasteiger partial charge in [-0.1, -0.05) is 75.4 Å². The van der Waals surface area contributed by atoms with Crippen molar-refractivity contribution in [2.75, 3.05) is 0 Å². The molecule has 2 N–H and O–H groups in total. The van der Waals surface area contributed by atoms with Crippen molar-refractivity contribution in [3.8, 4) is 0 Å². The smallest absolute Gasteiger partial charge is 0.303 e. The van der Waals surface area contributed by atoms with Gasteiger partial charge in [0.1, 0.15) is 0 Å². The lowest BCUT2D eigenvalue weighted by Crippen LogP contribution is -2.31. The molecule has 3 nitrogen and oxygen atoms in total. The molecule has 0 saturated heterocycles. The fraction of sp³-hybridized carbons (Fsp3) is 0.409. The summed E-state index contributed by atoms with van der Waals surface area (Å²) in [6.45, 7) is 7.38. The van der Waals surface area contributed by atoms with Crippen LogP contribution >= 0.6 is 0 Å². The van der Waals surface area contributed by atoms with E-state index in [1.54, 1.807) is 0 Å². The van der Waals surface area contributed by atoms with Crippen molar-refractivity contribution < 1.29 is 9.90 Å². The molecular formula is C22H29NO2. The Hall–Kier alpha value is -2.13. The summed E-state index contributed by atoms with van der Waals surface area (Å²) in [6.07, 6.45) is 1.66. The molecule has 0 aliphatic heterocycles. The van der Waals surface area contributed by atoms with Gasteiger partial charge in [0.25, 0.3) is 0 Å². The van der Waals surface area contributed by atoms with E-state index < -0.39 is 5.97 Å². The first-order chi connectivity index (χ1) is 11.8. The van der Waals surface area contributed by atoms with Gasteiger partial charge in [-0.15, -0.1) is 0 Å². The summed E-state index contributed by atoms with van der Waals surface area (Å²) in [5, 5.41) is 12.5. The quantitative estimate of drug-likeness (QED) is 0.742. The largest absolute Gasteiger partial charge is 0.481 e. The maximum atomic E-state index is 10.9. The summed E-state index contributed by atoms with van der Waals surface area (Å²) in [5.41, 5.74) is 3.93. The van der Waals surface area contributed by atoms with E-state index in [4.69, 9.17) is 5.11 Å². The first kappa shape index (κ1) is 19.2. The minimum absolute atomic E-state index is 0.154. The van der Waals surface area contributed by atoms with E-state index in [0.717, 1.165) is 13.0 Å². The van der Waals surface area contributed by atoms with Gasteiger partial charge in [-0.05, 0) is 34.9 Å². The van der Waals surface area contributed by atoms with E-state index in [-0.39, 0.29) is 17.9 Å². The molecule has 2 rings (SSSR count). The van der Waals surface area contributed by atoms with Gasteiger partial charge in [0.05, 0.1) is 0 Å². The summed E-state index contributed by atoms with van der Waals surface area (Å²) in [6, 6.07) is 19.1. The number of carboxylic acid groups (broad SMARTS) is 1. The van der Waals surface area contributed by atoms with Crippen LogP contribution in [0.2, 0.25) is 0 Å². The van der Waals surface area contributed by atoms with Crippen molar-refractivity contribution >= 4 is 5.97 Å². The Bertz CT molecular complexity index is 657. The number of nitrogens with one attached hydrogen (secondary N) is 1. The molecule has 2 aromatic rings. The minimum Gasteiger partial charge on any atom is -0.481 e. The van der Waals surface area contributed by atoms with Crippen LogP contribution in [-0.2, 0) is 23.2 Å². The minimum atomic E-state index is -0.741. The molecule has 2 aromatic carbocycles. The molecule has 3 heteroatoms. The topological polar surface area (TPSA) is 49.3 Å². The molecule has 0 spiro atoms. The third-order valence-electron chi connectivity index (χ3n) is 4.45. The van der Waals surface area contributed by atoms with Gasteiger partial charge in [-0.2, -0.15) is 0 Å². The standard InChI is InChI=1S/C22H29NO2/c1-22(2,3)19-11-9-18(10-12-19)16-23-20(13-14-21(24)25)15-17-7-5-4-6-8-17/h4-12,20,23H,13-16H2,1-3H3,(H,24,25). The van der Waals surface area contributed by atoms with Crippen LogP contribution in [0.3, 0.4) is 0 Å². The maximum absolute atomic E-state index is 10.9. The van der Waals surface area contributed by atoms with Crippen LogP contribution in [-0.4, -0.2) is 17.1 Å². The van der Waals surface area contributed by atoms with Crippen molar-refractivity contribution in [3.05, 3.63) is 71.3 Å². The van der Waals surface area contributed by atoms with E-state index in [1.165, 1.54) is 16.7 Å². The number of benzene rings is 2. The summed E-state index contributed by atoms with van der Waals surface area (Å²) in [5.74, 6) is -0.741. The van der Waals surface area contributed by atoms with Crippen LogP contribution in [0.15, 0.2) is 54.6 Å². The van der Waals surface area contributed by atoms with Gasteiger partial charge in [0.2, 0.25) is 0 Å². The number of carboxylic acids is 1. The predicted molar refractivity (Wildman–Crippen MR) is 103 cm³/mol. The van der Waals surface area contributed by atoms with Crippen LogP contribution in [0, 0.1) is 0 Å². The van der Waals surface area contributed by atoms with Crippen molar-refractivity contribution in [1.82, 2.24) is 5.32 Å². The lowest BCUT2D eigenvalue weighted by Gasteiger charge is -2.21. The molecular weight excluding hydrogens is 310 g/mol. The maximum Gasteiger partial charge on any atom is 0.303 e. The number of aliphatic carboxylic acids is 1. The highest BCUT2D eigenvalue weighted by Gasteiger charge is 2.14.